The van der Waals surface area contributed by atoms with Gasteiger partial charge in [0.2, 0.25) is 0 Å². The first kappa shape index (κ1) is 17.5. The largest absolute Gasteiger partial charge is 0.467 e. The highest BCUT2D eigenvalue weighted by Crippen LogP contribution is 2.18. The SMILES string of the molecule is CCC(C)C(NC(=O)Nc1ccc2oc(=O)ccc2c1)C(=O)OC. The molecule has 0 saturated heterocycles. The van der Waals surface area contributed by atoms with Crippen LogP contribution in [0.1, 0.15) is 20.3 Å². The fourth-order valence-electron chi connectivity index (χ4n) is 2.25. The van der Waals surface area contributed by atoms with E-state index in [9.17, 15) is 14.4 Å². The Morgan fingerprint density at radius 1 is 1.25 bits per heavy atom. The molecule has 2 aromatic rings. The van der Waals surface area contributed by atoms with Crippen LogP contribution in [0.15, 0.2) is 39.5 Å². The van der Waals surface area contributed by atoms with Crippen LogP contribution < -0.4 is 16.3 Å². The zero-order valence-electron chi connectivity index (χ0n) is 13.8. The fourth-order valence-corrected chi connectivity index (χ4v) is 2.25. The highest BCUT2D eigenvalue weighted by molar-refractivity contribution is 5.94. The number of nitrogens with one attached hydrogen (secondary N) is 2. The first-order valence-electron chi connectivity index (χ1n) is 7.64. The Morgan fingerprint density at radius 2 is 2.00 bits per heavy atom. The summed E-state index contributed by atoms with van der Waals surface area (Å²) in [5, 5.41) is 5.96. The van der Waals surface area contributed by atoms with Crippen LogP contribution >= 0.6 is 0 Å². The second-order valence-corrected chi connectivity index (χ2v) is 5.49. The molecule has 1 aromatic heterocycles. The van der Waals surface area contributed by atoms with Crippen LogP contribution in [0.2, 0.25) is 0 Å². The smallest absolute Gasteiger partial charge is 0.336 e. The lowest BCUT2D eigenvalue weighted by molar-refractivity contribution is -0.144. The van der Waals surface area contributed by atoms with Crippen molar-refractivity contribution in [3.63, 3.8) is 0 Å². The number of esters is 1. The molecule has 7 heteroatoms. The van der Waals surface area contributed by atoms with Crippen molar-refractivity contribution in [3.05, 3.63) is 40.8 Å². The average molecular weight is 332 g/mol. The third-order valence-electron chi connectivity index (χ3n) is 3.83. The summed E-state index contributed by atoms with van der Waals surface area (Å²) in [6.07, 6.45) is 0.717. The summed E-state index contributed by atoms with van der Waals surface area (Å²) in [4.78, 5) is 35.1. The van der Waals surface area contributed by atoms with Gasteiger partial charge in [-0.1, -0.05) is 20.3 Å². The molecule has 2 N–H and O–H groups in total. The Kier molecular flexibility index (Phi) is 5.57. The van der Waals surface area contributed by atoms with Gasteiger partial charge in [0.15, 0.2) is 0 Å². The van der Waals surface area contributed by atoms with Crippen molar-refractivity contribution in [1.82, 2.24) is 5.32 Å². The normalized spacial score (nSPS) is 13.1. The van der Waals surface area contributed by atoms with Gasteiger partial charge in [-0.05, 0) is 30.2 Å². The zero-order valence-corrected chi connectivity index (χ0v) is 13.8. The zero-order chi connectivity index (χ0) is 17.7. The molecule has 7 nitrogen and oxygen atoms in total. The molecule has 0 spiro atoms. The Bertz CT molecular complexity index is 799. The highest BCUT2D eigenvalue weighted by Gasteiger charge is 2.26. The number of carbonyl (C=O) groups excluding carboxylic acids is 2. The van der Waals surface area contributed by atoms with Crippen LogP contribution in [0.25, 0.3) is 11.0 Å². The number of hydrogen-bond donors (Lipinski definition) is 2. The summed E-state index contributed by atoms with van der Waals surface area (Å²) in [5.74, 6) is -0.547. The number of anilines is 1. The molecule has 2 rings (SSSR count). The molecule has 0 aliphatic carbocycles. The van der Waals surface area contributed by atoms with Crippen molar-refractivity contribution in [3.8, 4) is 0 Å². The van der Waals surface area contributed by atoms with Gasteiger partial charge in [0.05, 0.1) is 7.11 Å². The molecule has 2 atom stereocenters. The van der Waals surface area contributed by atoms with Crippen LogP contribution in [0.3, 0.4) is 0 Å². The van der Waals surface area contributed by atoms with Gasteiger partial charge in [-0.2, -0.15) is 0 Å². The van der Waals surface area contributed by atoms with Gasteiger partial charge in [0, 0.05) is 17.1 Å². The van der Waals surface area contributed by atoms with Crippen LogP contribution in [0.5, 0.6) is 0 Å². The average Bonchev–Trinajstić information content (AvgIpc) is 2.58. The Balaban J connectivity index is 2.12. The monoisotopic (exact) mass is 332 g/mol. The van der Waals surface area contributed by atoms with Gasteiger partial charge in [0.1, 0.15) is 11.6 Å². The Morgan fingerprint density at radius 3 is 2.67 bits per heavy atom. The Labute approximate surface area is 139 Å². The molecule has 2 unspecified atom stereocenters. The molecule has 2 amide bonds. The number of ether oxygens (including phenoxy) is 1. The number of carbonyl (C=O) groups is 2. The minimum absolute atomic E-state index is 0.0610. The number of urea groups is 1. The molecule has 0 aliphatic heterocycles. The summed E-state index contributed by atoms with van der Waals surface area (Å²) in [6.45, 7) is 3.79. The molecular weight excluding hydrogens is 312 g/mol. The molecule has 1 heterocycles. The molecule has 0 fully saturated rings. The number of benzene rings is 1. The van der Waals surface area contributed by atoms with Crippen molar-refractivity contribution in [2.24, 2.45) is 5.92 Å². The van der Waals surface area contributed by atoms with E-state index in [1.807, 2.05) is 13.8 Å². The standard InChI is InChI=1S/C17H20N2O5/c1-4-10(2)15(16(21)23-3)19-17(22)18-12-6-7-13-11(9-12)5-8-14(20)24-13/h5-10,15H,4H2,1-3H3,(H2,18,19,22). The number of rotatable bonds is 5. The van der Waals surface area contributed by atoms with Crippen LogP contribution in [0.4, 0.5) is 10.5 Å². The second-order valence-electron chi connectivity index (χ2n) is 5.49. The van der Waals surface area contributed by atoms with Crippen LogP contribution in [-0.4, -0.2) is 25.2 Å². The maximum atomic E-state index is 12.2. The van der Waals surface area contributed by atoms with Gasteiger partial charge in [0.25, 0.3) is 0 Å². The summed E-state index contributed by atoms with van der Waals surface area (Å²) >= 11 is 0. The second kappa shape index (κ2) is 7.63. The van der Waals surface area contributed by atoms with Gasteiger partial charge in [-0.3, -0.25) is 0 Å². The maximum Gasteiger partial charge on any atom is 0.336 e. The van der Waals surface area contributed by atoms with Crippen LogP contribution in [-0.2, 0) is 9.53 Å². The van der Waals surface area contributed by atoms with E-state index in [2.05, 4.69) is 10.6 Å². The van der Waals surface area contributed by atoms with E-state index in [1.54, 1.807) is 24.3 Å². The third-order valence-corrected chi connectivity index (χ3v) is 3.83. The van der Waals surface area contributed by atoms with E-state index < -0.39 is 23.7 Å². The minimum Gasteiger partial charge on any atom is -0.467 e. The quantitative estimate of drug-likeness (QED) is 0.647. The van der Waals surface area contributed by atoms with Crippen molar-refractivity contribution in [2.45, 2.75) is 26.3 Å². The molecule has 0 saturated carbocycles. The van der Waals surface area contributed by atoms with Gasteiger partial charge >= 0.3 is 17.6 Å². The van der Waals surface area contributed by atoms with Crippen molar-refractivity contribution in [2.75, 3.05) is 12.4 Å². The molecule has 1 aromatic carbocycles. The molecule has 24 heavy (non-hydrogen) atoms. The predicted octanol–water partition coefficient (Wildman–Crippen LogP) is 2.50. The molecule has 0 aliphatic rings. The molecule has 0 radical (unpaired) electrons. The van der Waals surface area contributed by atoms with E-state index in [0.29, 0.717) is 16.7 Å². The number of hydrogen-bond acceptors (Lipinski definition) is 5. The number of amides is 2. The van der Waals surface area contributed by atoms with Gasteiger partial charge < -0.3 is 19.8 Å². The molecule has 128 valence electrons. The van der Waals surface area contributed by atoms with E-state index in [4.69, 9.17) is 9.15 Å². The Hall–Kier alpha value is -2.83. The first-order chi connectivity index (χ1) is 11.4. The van der Waals surface area contributed by atoms with E-state index >= 15 is 0 Å². The van der Waals surface area contributed by atoms with Crippen molar-refractivity contribution in [1.29, 1.82) is 0 Å². The lowest BCUT2D eigenvalue weighted by Crippen LogP contribution is -2.47. The summed E-state index contributed by atoms with van der Waals surface area (Å²) < 4.78 is 9.76. The maximum absolute atomic E-state index is 12.2. The minimum atomic E-state index is -0.724. The van der Waals surface area contributed by atoms with E-state index in [0.717, 1.165) is 6.42 Å². The summed E-state index contributed by atoms with van der Waals surface area (Å²) in [6, 6.07) is 6.57. The first-order valence-corrected chi connectivity index (χ1v) is 7.64. The van der Waals surface area contributed by atoms with Crippen LogP contribution in [0, 0.1) is 5.92 Å². The number of methoxy groups -OCH3 is 1. The van der Waals surface area contributed by atoms with E-state index in [1.165, 1.54) is 13.2 Å². The third kappa shape index (κ3) is 4.13. The molecule has 0 bridgehead atoms. The topological polar surface area (TPSA) is 97.6 Å². The van der Waals surface area contributed by atoms with Gasteiger partial charge in [-0.25, -0.2) is 14.4 Å². The number of fused-ring (bicyclic) bond motifs is 1. The van der Waals surface area contributed by atoms with Crippen molar-refractivity contribution >= 4 is 28.7 Å². The summed E-state index contributed by atoms with van der Waals surface area (Å²) in [7, 11) is 1.29. The lowest BCUT2D eigenvalue weighted by Gasteiger charge is -2.22. The summed E-state index contributed by atoms with van der Waals surface area (Å²) in [5.41, 5.74) is 0.512. The molecular formula is C17H20N2O5. The van der Waals surface area contributed by atoms with E-state index in [-0.39, 0.29) is 5.92 Å². The fraction of sp³-hybridized carbons (Fsp3) is 0.353. The lowest BCUT2D eigenvalue weighted by atomic mass is 9.99. The van der Waals surface area contributed by atoms with Crippen molar-refractivity contribution < 1.29 is 18.7 Å². The highest BCUT2D eigenvalue weighted by atomic mass is 16.5. The predicted molar refractivity (Wildman–Crippen MR) is 89.9 cm³/mol. The van der Waals surface area contributed by atoms with Gasteiger partial charge in [-0.15, -0.1) is 0 Å².